The van der Waals surface area contributed by atoms with Crippen molar-refractivity contribution in [2.24, 2.45) is 0 Å². The summed E-state index contributed by atoms with van der Waals surface area (Å²) in [5.74, 6) is -0.220. The van der Waals surface area contributed by atoms with Crippen LogP contribution in [-0.4, -0.2) is 25.7 Å². The van der Waals surface area contributed by atoms with Crippen molar-refractivity contribution in [2.75, 3.05) is 25.2 Å². The van der Waals surface area contributed by atoms with Gasteiger partial charge in [-0.3, -0.25) is 4.79 Å². The summed E-state index contributed by atoms with van der Waals surface area (Å²) >= 11 is 0. The lowest BCUT2D eigenvalue weighted by atomic mass is 10.1. The number of nitrogen functional groups attached to an aromatic ring is 2. The lowest BCUT2D eigenvalue weighted by Crippen LogP contribution is -2.35. The summed E-state index contributed by atoms with van der Waals surface area (Å²) in [5.41, 5.74) is 12.6. The van der Waals surface area contributed by atoms with Crippen molar-refractivity contribution in [3.8, 4) is 0 Å². The fourth-order valence-corrected chi connectivity index (χ4v) is 1.38. The van der Waals surface area contributed by atoms with Gasteiger partial charge in [0.05, 0.1) is 12.2 Å². The fourth-order valence-electron chi connectivity index (χ4n) is 1.38. The standard InChI is InChI=1S/C11H17N3O2/c1-7(6-16-2)14-11(15)9-4-3-8(12)5-10(9)13/h3-5,7H,6,12-13H2,1-2H3,(H,14,15). The van der Waals surface area contributed by atoms with E-state index in [-0.39, 0.29) is 11.9 Å². The van der Waals surface area contributed by atoms with Gasteiger partial charge in [-0.25, -0.2) is 0 Å². The van der Waals surface area contributed by atoms with Crippen LogP contribution in [0.15, 0.2) is 18.2 Å². The van der Waals surface area contributed by atoms with E-state index in [1.54, 1.807) is 25.3 Å². The minimum absolute atomic E-state index is 0.0607. The normalized spacial score (nSPS) is 12.1. The number of anilines is 2. The molecule has 0 aliphatic rings. The van der Waals surface area contributed by atoms with Crippen molar-refractivity contribution < 1.29 is 9.53 Å². The summed E-state index contributed by atoms with van der Waals surface area (Å²) in [6.07, 6.45) is 0. The lowest BCUT2D eigenvalue weighted by molar-refractivity contribution is 0.0906. The molecule has 88 valence electrons. The van der Waals surface area contributed by atoms with E-state index in [2.05, 4.69) is 5.32 Å². The molecule has 1 aromatic carbocycles. The van der Waals surface area contributed by atoms with Crippen LogP contribution in [0.2, 0.25) is 0 Å². The molecule has 0 spiro atoms. The maximum Gasteiger partial charge on any atom is 0.253 e. The number of carbonyl (C=O) groups is 1. The van der Waals surface area contributed by atoms with Crippen molar-refractivity contribution in [3.63, 3.8) is 0 Å². The van der Waals surface area contributed by atoms with E-state index in [0.29, 0.717) is 23.5 Å². The highest BCUT2D eigenvalue weighted by Gasteiger charge is 2.12. The zero-order chi connectivity index (χ0) is 12.1. The Morgan fingerprint density at radius 3 is 2.75 bits per heavy atom. The SMILES string of the molecule is COCC(C)NC(=O)c1ccc(N)cc1N. The fraction of sp³-hybridized carbons (Fsp3) is 0.364. The third-order valence-corrected chi connectivity index (χ3v) is 2.11. The minimum atomic E-state index is -0.220. The van der Waals surface area contributed by atoms with Gasteiger partial charge in [-0.15, -0.1) is 0 Å². The summed E-state index contributed by atoms with van der Waals surface area (Å²) in [4.78, 5) is 11.8. The molecule has 0 saturated heterocycles. The number of hydrogen-bond donors (Lipinski definition) is 3. The molecule has 5 heteroatoms. The zero-order valence-electron chi connectivity index (χ0n) is 9.49. The Bertz CT molecular complexity index is 379. The van der Waals surface area contributed by atoms with Crippen molar-refractivity contribution in [3.05, 3.63) is 23.8 Å². The third kappa shape index (κ3) is 3.13. The van der Waals surface area contributed by atoms with Crippen molar-refractivity contribution >= 4 is 17.3 Å². The third-order valence-electron chi connectivity index (χ3n) is 2.11. The first-order chi connectivity index (χ1) is 7.54. The highest BCUT2D eigenvalue weighted by Crippen LogP contribution is 2.15. The van der Waals surface area contributed by atoms with Crippen LogP contribution in [0.1, 0.15) is 17.3 Å². The molecule has 0 radical (unpaired) electrons. The molecule has 1 amide bonds. The molecule has 0 saturated carbocycles. The molecule has 1 rings (SSSR count). The highest BCUT2D eigenvalue weighted by atomic mass is 16.5. The molecule has 0 heterocycles. The molecule has 0 aliphatic carbocycles. The Balaban J connectivity index is 2.73. The Morgan fingerprint density at radius 1 is 1.50 bits per heavy atom. The van der Waals surface area contributed by atoms with Gasteiger partial charge in [0.1, 0.15) is 0 Å². The first kappa shape index (κ1) is 12.3. The smallest absolute Gasteiger partial charge is 0.253 e. The predicted octanol–water partition coefficient (Wildman–Crippen LogP) is 0.616. The minimum Gasteiger partial charge on any atom is -0.399 e. The molecule has 5 nitrogen and oxygen atoms in total. The van der Waals surface area contributed by atoms with E-state index < -0.39 is 0 Å². The Kier molecular flexibility index (Phi) is 4.13. The average Bonchev–Trinajstić information content (AvgIpc) is 2.17. The van der Waals surface area contributed by atoms with Gasteiger partial charge in [-0.1, -0.05) is 0 Å². The number of amides is 1. The van der Waals surface area contributed by atoms with E-state index in [1.165, 1.54) is 0 Å². The van der Waals surface area contributed by atoms with Crippen LogP contribution in [0.4, 0.5) is 11.4 Å². The lowest BCUT2D eigenvalue weighted by Gasteiger charge is -2.13. The topological polar surface area (TPSA) is 90.4 Å². The van der Waals surface area contributed by atoms with Gasteiger partial charge in [0.2, 0.25) is 0 Å². The van der Waals surface area contributed by atoms with Crippen molar-refractivity contribution in [1.82, 2.24) is 5.32 Å². The quantitative estimate of drug-likeness (QED) is 0.652. The molecular weight excluding hydrogens is 206 g/mol. The second-order valence-electron chi connectivity index (χ2n) is 3.68. The molecule has 0 aromatic heterocycles. The van der Waals surface area contributed by atoms with Gasteiger partial charge in [0, 0.05) is 24.5 Å². The first-order valence-corrected chi connectivity index (χ1v) is 4.99. The van der Waals surface area contributed by atoms with E-state index in [1.807, 2.05) is 6.92 Å². The predicted molar refractivity (Wildman–Crippen MR) is 64.1 cm³/mol. The summed E-state index contributed by atoms with van der Waals surface area (Å²) < 4.78 is 4.92. The largest absolute Gasteiger partial charge is 0.399 e. The van der Waals surface area contributed by atoms with E-state index >= 15 is 0 Å². The molecule has 16 heavy (non-hydrogen) atoms. The van der Waals surface area contributed by atoms with Crippen LogP contribution >= 0.6 is 0 Å². The maximum absolute atomic E-state index is 11.8. The Labute approximate surface area is 94.8 Å². The van der Waals surface area contributed by atoms with Gasteiger partial charge in [0.25, 0.3) is 5.91 Å². The molecule has 5 N–H and O–H groups in total. The Hall–Kier alpha value is -1.75. The van der Waals surface area contributed by atoms with E-state index in [0.717, 1.165) is 0 Å². The summed E-state index contributed by atoms with van der Waals surface area (Å²) in [5, 5.41) is 2.77. The van der Waals surface area contributed by atoms with Crippen molar-refractivity contribution in [2.45, 2.75) is 13.0 Å². The van der Waals surface area contributed by atoms with Gasteiger partial charge >= 0.3 is 0 Å². The maximum atomic E-state index is 11.8. The van der Waals surface area contributed by atoms with Crippen LogP contribution < -0.4 is 16.8 Å². The number of rotatable bonds is 4. The van der Waals surface area contributed by atoms with Crippen LogP contribution in [0.3, 0.4) is 0 Å². The van der Waals surface area contributed by atoms with Gasteiger partial charge in [-0.2, -0.15) is 0 Å². The first-order valence-electron chi connectivity index (χ1n) is 4.99. The van der Waals surface area contributed by atoms with Gasteiger partial charge in [0.15, 0.2) is 0 Å². The number of benzene rings is 1. The summed E-state index contributed by atoms with van der Waals surface area (Å²) in [6, 6.07) is 4.76. The van der Waals surface area contributed by atoms with Crippen LogP contribution in [0.5, 0.6) is 0 Å². The van der Waals surface area contributed by atoms with Crippen LogP contribution in [0, 0.1) is 0 Å². The number of ether oxygens (including phenoxy) is 1. The highest BCUT2D eigenvalue weighted by molar-refractivity contribution is 5.99. The van der Waals surface area contributed by atoms with E-state index in [9.17, 15) is 4.79 Å². The summed E-state index contributed by atoms with van der Waals surface area (Å²) in [6.45, 7) is 2.31. The summed E-state index contributed by atoms with van der Waals surface area (Å²) in [7, 11) is 1.58. The second-order valence-corrected chi connectivity index (χ2v) is 3.68. The average molecular weight is 223 g/mol. The van der Waals surface area contributed by atoms with E-state index in [4.69, 9.17) is 16.2 Å². The molecule has 1 unspecified atom stereocenters. The van der Waals surface area contributed by atoms with Gasteiger partial charge in [-0.05, 0) is 25.1 Å². The zero-order valence-corrected chi connectivity index (χ0v) is 9.49. The molecule has 0 bridgehead atoms. The number of nitrogens with one attached hydrogen (secondary N) is 1. The number of nitrogens with two attached hydrogens (primary N) is 2. The van der Waals surface area contributed by atoms with Crippen LogP contribution in [0.25, 0.3) is 0 Å². The van der Waals surface area contributed by atoms with Crippen molar-refractivity contribution in [1.29, 1.82) is 0 Å². The number of carbonyl (C=O) groups excluding carboxylic acids is 1. The molecule has 1 aromatic rings. The number of hydrogen-bond acceptors (Lipinski definition) is 4. The van der Waals surface area contributed by atoms with Gasteiger partial charge < -0.3 is 21.5 Å². The molecule has 1 atom stereocenters. The Morgan fingerprint density at radius 2 is 2.19 bits per heavy atom. The molecule has 0 aliphatic heterocycles. The monoisotopic (exact) mass is 223 g/mol. The number of methoxy groups -OCH3 is 1. The molecule has 0 fully saturated rings. The van der Waals surface area contributed by atoms with Crippen LogP contribution in [-0.2, 0) is 4.74 Å². The second kappa shape index (κ2) is 5.37. The molecular formula is C11H17N3O2.